The van der Waals surface area contributed by atoms with Crippen molar-refractivity contribution in [1.29, 1.82) is 5.26 Å². The molecule has 1 heterocycles. The van der Waals surface area contributed by atoms with Crippen LogP contribution in [0.1, 0.15) is 49.9 Å². The minimum absolute atomic E-state index is 0.362. The second kappa shape index (κ2) is 6.50. The van der Waals surface area contributed by atoms with E-state index in [0.29, 0.717) is 18.9 Å². The molecule has 1 saturated carbocycles. The van der Waals surface area contributed by atoms with Crippen LogP contribution in [0.2, 0.25) is 0 Å². The van der Waals surface area contributed by atoms with Crippen molar-refractivity contribution >= 4 is 0 Å². The summed E-state index contributed by atoms with van der Waals surface area (Å²) in [5.74, 6) is 0.532. The number of ether oxygens (including phenoxy) is 1. The van der Waals surface area contributed by atoms with Gasteiger partial charge in [0.2, 0.25) is 0 Å². The van der Waals surface area contributed by atoms with Crippen LogP contribution < -0.4 is 0 Å². The molecule has 2 rings (SSSR count). The fourth-order valence-electron chi connectivity index (χ4n) is 2.66. The first-order valence-corrected chi connectivity index (χ1v) is 6.73. The second-order valence-corrected chi connectivity index (χ2v) is 4.66. The molecular formula is C13H20N4O. The highest BCUT2D eigenvalue weighted by atomic mass is 16.5. The van der Waals surface area contributed by atoms with Crippen LogP contribution in [-0.2, 0) is 17.7 Å². The van der Waals surface area contributed by atoms with Crippen LogP contribution in [0.15, 0.2) is 0 Å². The third kappa shape index (κ3) is 2.88. The first-order chi connectivity index (χ1) is 8.86. The van der Waals surface area contributed by atoms with E-state index in [-0.39, 0.29) is 0 Å². The maximum Gasteiger partial charge on any atom is 0.100 e. The molecule has 0 atom stereocenters. The number of aromatic nitrogens is 3. The summed E-state index contributed by atoms with van der Waals surface area (Å²) >= 11 is 0. The van der Waals surface area contributed by atoms with Gasteiger partial charge in [-0.15, -0.1) is 5.10 Å². The Hall–Kier alpha value is -1.41. The van der Waals surface area contributed by atoms with Crippen molar-refractivity contribution in [3.05, 3.63) is 11.4 Å². The van der Waals surface area contributed by atoms with E-state index in [4.69, 9.17) is 10.00 Å². The summed E-state index contributed by atoms with van der Waals surface area (Å²) in [6, 6.07) is 2.18. The molecule has 1 fully saturated rings. The van der Waals surface area contributed by atoms with E-state index >= 15 is 0 Å². The molecule has 0 radical (unpaired) electrons. The van der Waals surface area contributed by atoms with Crippen molar-refractivity contribution < 1.29 is 4.74 Å². The van der Waals surface area contributed by atoms with Gasteiger partial charge in [-0.25, -0.2) is 4.68 Å². The van der Waals surface area contributed by atoms with Gasteiger partial charge in [-0.2, -0.15) is 5.26 Å². The van der Waals surface area contributed by atoms with Crippen LogP contribution in [0.4, 0.5) is 0 Å². The van der Waals surface area contributed by atoms with Gasteiger partial charge < -0.3 is 4.74 Å². The molecule has 5 nitrogen and oxygen atoms in total. The molecule has 1 aliphatic rings. The minimum Gasteiger partial charge on any atom is -0.380 e. The van der Waals surface area contributed by atoms with Crippen molar-refractivity contribution in [2.45, 2.75) is 51.5 Å². The first kappa shape index (κ1) is 13.0. The van der Waals surface area contributed by atoms with Crippen LogP contribution in [0.3, 0.4) is 0 Å². The molecular weight excluding hydrogens is 228 g/mol. The van der Waals surface area contributed by atoms with Crippen molar-refractivity contribution in [3.8, 4) is 6.07 Å². The van der Waals surface area contributed by atoms with Gasteiger partial charge in [-0.1, -0.05) is 18.1 Å². The number of hydrogen-bond donors (Lipinski definition) is 0. The van der Waals surface area contributed by atoms with Crippen molar-refractivity contribution in [2.75, 3.05) is 13.2 Å². The zero-order valence-electron chi connectivity index (χ0n) is 10.9. The molecule has 1 aromatic rings. The molecule has 0 unspecified atom stereocenters. The van der Waals surface area contributed by atoms with E-state index in [1.807, 2.05) is 11.6 Å². The summed E-state index contributed by atoms with van der Waals surface area (Å²) in [6.45, 7) is 4.10. The molecule has 18 heavy (non-hydrogen) atoms. The average Bonchev–Trinajstić information content (AvgIpc) is 2.99. The van der Waals surface area contributed by atoms with E-state index in [9.17, 15) is 0 Å². The van der Waals surface area contributed by atoms with Crippen molar-refractivity contribution in [1.82, 2.24) is 15.0 Å². The Morgan fingerprint density at radius 3 is 2.89 bits per heavy atom. The Balaban J connectivity index is 2.14. The van der Waals surface area contributed by atoms with Crippen LogP contribution in [-0.4, -0.2) is 28.2 Å². The first-order valence-electron chi connectivity index (χ1n) is 6.73. The number of nitrogens with zero attached hydrogens (tertiary/aromatic N) is 4. The fraction of sp³-hybridized carbons (Fsp3) is 0.769. The standard InChI is InChI=1S/C13H20N4O/c1-2-18-10-9-17-13(11-5-3-4-6-11)12(7-8-14)15-16-17/h11H,2-7,9-10H2,1H3. The third-order valence-electron chi connectivity index (χ3n) is 3.49. The predicted octanol–water partition coefficient (Wildman–Crippen LogP) is 2.04. The predicted molar refractivity (Wildman–Crippen MR) is 67.0 cm³/mol. The monoisotopic (exact) mass is 248 g/mol. The maximum absolute atomic E-state index is 8.86. The van der Waals surface area contributed by atoms with Gasteiger partial charge >= 0.3 is 0 Å². The number of rotatable bonds is 6. The Kier molecular flexibility index (Phi) is 4.71. The minimum atomic E-state index is 0.362. The Bertz CT molecular complexity index is 415. The van der Waals surface area contributed by atoms with Gasteiger partial charge in [0.25, 0.3) is 0 Å². The molecule has 98 valence electrons. The normalized spacial score (nSPS) is 16.0. The highest BCUT2D eigenvalue weighted by Crippen LogP contribution is 2.35. The number of hydrogen-bond acceptors (Lipinski definition) is 4. The average molecular weight is 248 g/mol. The fourth-order valence-corrected chi connectivity index (χ4v) is 2.66. The van der Waals surface area contributed by atoms with Gasteiger partial charge in [-0.3, -0.25) is 0 Å². The van der Waals surface area contributed by atoms with Crippen LogP contribution in [0.5, 0.6) is 0 Å². The highest BCUT2D eigenvalue weighted by Gasteiger charge is 2.25. The van der Waals surface area contributed by atoms with E-state index in [1.54, 1.807) is 0 Å². The summed E-state index contributed by atoms with van der Waals surface area (Å²) in [4.78, 5) is 0. The molecule has 0 bridgehead atoms. The molecule has 0 N–H and O–H groups in total. The lowest BCUT2D eigenvalue weighted by Crippen LogP contribution is -2.13. The van der Waals surface area contributed by atoms with E-state index in [0.717, 1.165) is 18.8 Å². The van der Waals surface area contributed by atoms with Crippen LogP contribution in [0.25, 0.3) is 0 Å². The third-order valence-corrected chi connectivity index (χ3v) is 3.49. The van der Waals surface area contributed by atoms with E-state index in [2.05, 4.69) is 16.4 Å². The quantitative estimate of drug-likeness (QED) is 0.723. The largest absolute Gasteiger partial charge is 0.380 e. The summed E-state index contributed by atoms with van der Waals surface area (Å²) < 4.78 is 7.31. The van der Waals surface area contributed by atoms with E-state index in [1.165, 1.54) is 31.4 Å². The van der Waals surface area contributed by atoms with Gasteiger partial charge in [0.1, 0.15) is 5.69 Å². The number of nitriles is 1. The van der Waals surface area contributed by atoms with Crippen molar-refractivity contribution in [2.24, 2.45) is 0 Å². The lowest BCUT2D eigenvalue weighted by Gasteiger charge is -2.13. The maximum atomic E-state index is 8.86. The summed E-state index contributed by atoms with van der Waals surface area (Å²) in [5.41, 5.74) is 2.04. The molecule has 0 spiro atoms. The molecule has 0 amide bonds. The lowest BCUT2D eigenvalue weighted by atomic mass is 10.0. The highest BCUT2D eigenvalue weighted by molar-refractivity contribution is 5.19. The molecule has 5 heteroatoms. The van der Waals surface area contributed by atoms with Crippen LogP contribution >= 0.6 is 0 Å². The molecule has 1 aromatic heterocycles. The Labute approximate surface area is 108 Å². The molecule has 0 aliphatic heterocycles. The van der Waals surface area contributed by atoms with Gasteiger partial charge in [-0.05, 0) is 19.8 Å². The molecule has 0 saturated heterocycles. The van der Waals surface area contributed by atoms with Gasteiger partial charge in [0.05, 0.1) is 31.3 Å². The SMILES string of the molecule is CCOCCn1nnc(CC#N)c1C1CCCC1. The summed E-state index contributed by atoms with van der Waals surface area (Å²) in [5, 5.41) is 17.2. The second-order valence-electron chi connectivity index (χ2n) is 4.66. The van der Waals surface area contributed by atoms with Gasteiger partial charge in [0.15, 0.2) is 0 Å². The zero-order valence-corrected chi connectivity index (χ0v) is 10.9. The topological polar surface area (TPSA) is 63.7 Å². The molecule has 1 aliphatic carbocycles. The molecule has 0 aromatic carbocycles. The zero-order chi connectivity index (χ0) is 12.8. The smallest absolute Gasteiger partial charge is 0.100 e. The summed E-state index contributed by atoms with van der Waals surface area (Å²) in [7, 11) is 0. The van der Waals surface area contributed by atoms with Crippen LogP contribution in [0, 0.1) is 11.3 Å². The Morgan fingerprint density at radius 1 is 1.44 bits per heavy atom. The lowest BCUT2D eigenvalue weighted by molar-refractivity contribution is 0.134. The van der Waals surface area contributed by atoms with E-state index < -0.39 is 0 Å². The summed E-state index contributed by atoms with van der Waals surface area (Å²) in [6.07, 6.45) is 5.29. The Morgan fingerprint density at radius 2 is 2.22 bits per heavy atom. The van der Waals surface area contributed by atoms with Crippen molar-refractivity contribution in [3.63, 3.8) is 0 Å². The van der Waals surface area contributed by atoms with Gasteiger partial charge in [0, 0.05) is 12.5 Å².